The molecule has 0 radical (unpaired) electrons. The van der Waals surface area contributed by atoms with Gasteiger partial charge in [-0.1, -0.05) is 6.07 Å². The van der Waals surface area contributed by atoms with E-state index >= 15 is 0 Å². The Labute approximate surface area is 119 Å². The van der Waals surface area contributed by atoms with E-state index < -0.39 is 0 Å². The molecule has 4 nitrogen and oxygen atoms in total. The van der Waals surface area contributed by atoms with Crippen molar-refractivity contribution in [3.8, 4) is 11.1 Å². The van der Waals surface area contributed by atoms with Crippen LogP contribution >= 0.6 is 0 Å². The van der Waals surface area contributed by atoms with Crippen LogP contribution in [0.3, 0.4) is 0 Å². The van der Waals surface area contributed by atoms with Gasteiger partial charge in [0.2, 0.25) is 0 Å². The maximum absolute atomic E-state index is 5.90. The van der Waals surface area contributed by atoms with Crippen LogP contribution in [0.2, 0.25) is 0 Å². The molecule has 1 aromatic carbocycles. The summed E-state index contributed by atoms with van der Waals surface area (Å²) in [5.41, 5.74) is 10.2. The van der Waals surface area contributed by atoms with Crippen LogP contribution in [0.5, 0.6) is 0 Å². The molecule has 3 rings (SSSR count). The summed E-state index contributed by atoms with van der Waals surface area (Å²) in [6.07, 6.45) is 1.86. The maximum atomic E-state index is 5.90. The highest BCUT2D eigenvalue weighted by Crippen LogP contribution is 2.27. The molecule has 0 unspecified atom stereocenters. The van der Waals surface area contributed by atoms with Crippen LogP contribution in [0.4, 0.5) is 11.5 Å². The lowest BCUT2D eigenvalue weighted by atomic mass is 10.0. The Kier molecular flexibility index (Phi) is 3.56. The Morgan fingerprint density at radius 3 is 2.75 bits per heavy atom. The number of morpholine rings is 1. The molecular formula is C16H19N3O. The van der Waals surface area contributed by atoms with Crippen molar-refractivity contribution < 1.29 is 4.74 Å². The summed E-state index contributed by atoms with van der Waals surface area (Å²) in [6.45, 7) is 5.43. The van der Waals surface area contributed by atoms with Crippen LogP contribution in [0.15, 0.2) is 36.5 Å². The molecule has 20 heavy (non-hydrogen) atoms. The monoisotopic (exact) mass is 269 g/mol. The van der Waals surface area contributed by atoms with Crippen molar-refractivity contribution in [2.45, 2.75) is 6.92 Å². The third-order valence-electron chi connectivity index (χ3n) is 3.65. The topological polar surface area (TPSA) is 51.4 Å². The Morgan fingerprint density at radius 2 is 1.95 bits per heavy atom. The molecule has 1 fully saturated rings. The smallest absolute Gasteiger partial charge is 0.129 e. The first-order chi connectivity index (χ1) is 9.74. The Balaban J connectivity index is 1.96. The maximum Gasteiger partial charge on any atom is 0.129 e. The largest absolute Gasteiger partial charge is 0.399 e. The first kappa shape index (κ1) is 12.9. The van der Waals surface area contributed by atoms with Gasteiger partial charge in [-0.15, -0.1) is 0 Å². The number of aromatic nitrogens is 1. The van der Waals surface area contributed by atoms with Gasteiger partial charge in [0.25, 0.3) is 0 Å². The van der Waals surface area contributed by atoms with Crippen LogP contribution in [-0.4, -0.2) is 31.3 Å². The number of aryl methyl sites for hydroxylation is 1. The van der Waals surface area contributed by atoms with E-state index in [-0.39, 0.29) is 0 Å². The molecule has 0 atom stereocenters. The van der Waals surface area contributed by atoms with Crippen LogP contribution in [-0.2, 0) is 4.74 Å². The third kappa shape index (κ3) is 2.60. The van der Waals surface area contributed by atoms with Gasteiger partial charge >= 0.3 is 0 Å². The number of benzene rings is 1. The normalized spacial score (nSPS) is 15.3. The van der Waals surface area contributed by atoms with Crippen LogP contribution < -0.4 is 10.6 Å². The van der Waals surface area contributed by atoms with E-state index in [2.05, 4.69) is 28.9 Å². The average Bonchev–Trinajstić information content (AvgIpc) is 2.51. The SMILES string of the molecule is Cc1ccc(N)cc1-c1ccnc(N2CCOCC2)c1. The minimum Gasteiger partial charge on any atom is -0.399 e. The molecule has 104 valence electrons. The average molecular weight is 269 g/mol. The van der Waals surface area contributed by atoms with Crippen molar-refractivity contribution in [1.82, 2.24) is 4.98 Å². The Hall–Kier alpha value is -2.07. The molecule has 0 bridgehead atoms. The van der Waals surface area contributed by atoms with E-state index in [1.165, 1.54) is 11.1 Å². The van der Waals surface area contributed by atoms with E-state index in [1.54, 1.807) is 0 Å². The fourth-order valence-corrected chi connectivity index (χ4v) is 2.50. The van der Waals surface area contributed by atoms with Gasteiger partial charge in [0.05, 0.1) is 13.2 Å². The lowest BCUT2D eigenvalue weighted by Gasteiger charge is -2.28. The molecule has 1 aromatic heterocycles. The van der Waals surface area contributed by atoms with Crippen molar-refractivity contribution in [2.75, 3.05) is 36.9 Å². The molecule has 4 heteroatoms. The first-order valence-electron chi connectivity index (χ1n) is 6.89. The van der Waals surface area contributed by atoms with Crippen LogP contribution in [0, 0.1) is 6.92 Å². The molecule has 2 aromatic rings. The molecule has 0 saturated carbocycles. The molecule has 0 spiro atoms. The summed E-state index contributed by atoms with van der Waals surface area (Å²) < 4.78 is 5.38. The number of nitrogens with two attached hydrogens (primary N) is 1. The molecular weight excluding hydrogens is 250 g/mol. The number of nitrogens with zero attached hydrogens (tertiary/aromatic N) is 2. The van der Waals surface area contributed by atoms with Gasteiger partial charge < -0.3 is 15.4 Å². The summed E-state index contributed by atoms with van der Waals surface area (Å²) in [5, 5.41) is 0. The molecule has 0 amide bonds. The molecule has 1 aliphatic rings. The van der Waals surface area contributed by atoms with Crippen molar-refractivity contribution >= 4 is 11.5 Å². The summed E-state index contributed by atoms with van der Waals surface area (Å²) in [5.74, 6) is 1.01. The predicted octanol–water partition coefficient (Wildman–Crippen LogP) is 2.48. The van der Waals surface area contributed by atoms with E-state index in [9.17, 15) is 0 Å². The summed E-state index contributed by atoms with van der Waals surface area (Å²) in [6, 6.07) is 10.2. The van der Waals surface area contributed by atoms with Crippen molar-refractivity contribution in [1.29, 1.82) is 0 Å². The number of hydrogen-bond acceptors (Lipinski definition) is 4. The number of ether oxygens (including phenoxy) is 1. The van der Waals surface area contributed by atoms with Gasteiger partial charge in [0, 0.05) is 25.0 Å². The highest BCUT2D eigenvalue weighted by Gasteiger charge is 2.13. The van der Waals surface area contributed by atoms with Crippen LogP contribution in [0.25, 0.3) is 11.1 Å². The predicted molar refractivity (Wildman–Crippen MR) is 81.9 cm³/mol. The van der Waals surface area contributed by atoms with E-state index in [1.807, 2.05) is 24.4 Å². The lowest BCUT2D eigenvalue weighted by molar-refractivity contribution is 0.122. The van der Waals surface area contributed by atoms with Gasteiger partial charge in [-0.2, -0.15) is 0 Å². The lowest BCUT2D eigenvalue weighted by Crippen LogP contribution is -2.36. The highest BCUT2D eigenvalue weighted by molar-refractivity contribution is 5.72. The first-order valence-corrected chi connectivity index (χ1v) is 6.89. The molecule has 1 aliphatic heterocycles. The van der Waals surface area contributed by atoms with Gasteiger partial charge in [0.1, 0.15) is 5.82 Å². The number of hydrogen-bond donors (Lipinski definition) is 1. The number of nitrogen functional groups attached to an aromatic ring is 1. The highest BCUT2D eigenvalue weighted by atomic mass is 16.5. The zero-order valence-corrected chi connectivity index (χ0v) is 11.7. The quantitative estimate of drug-likeness (QED) is 0.851. The Bertz CT molecular complexity index is 606. The second kappa shape index (κ2) is 5.51. The molecule has 1 saturated heterocycles. The number of rotatable bonds is 2. The van der Waals surface area contributed by atoms with Crippen molar-refractivity contribution in [3.63, 3.8) is 0 Å². The second-order valence-electron chi connectivity index (χ2n) is 5.08. The summed E-state index contributed by atoms with van der Waals surface area (Å²) >= 11 is 0. The zero-order chi connectivity index (χ0) is 13.9. The summed E-state index contributed by atoms with van der Waals surface area (Å²) in [7, 11) is 0. The Morgan fingerprint density at radius 1 is 1.15 bits per heavy atom. The van der Waals surface area contributed by atoms with Gasteiger partial charge in [-0.25, -0.2) is 4.98 Å². The standard InChI is InChI=1S/C16H19N3O/c1-12-2-3-14(17)11-15(12)13-4-5-18-16(10-13)19-6-8-20-9-7-19/h2-5,10-11H,6-9,17H2,1H3. The fraction of sp³-hybridized carbons (Fsp3) is 0.312. The van der Waals surface area contributed by atoms with Gasteiger partial charge in [-0.3, -0.25) is 0 Å². The molecule has 2 heterocycles. The van der Waals surface area contributed by atoms with E-state index in [0.717, 1.165) is 43.4 Å². The van der Waals surface area contributed by atoms with E-state index in [4.69, 9.17) is 10.5 Å². The zero-order valence-electron chi connectivity index (χ0n) is 11.7. The minimum atomic E-state index is 0.767. The van der Waals surface area contributed by atoms with Gasteiger partial charge in [0.15, 0.2) is 0 Å². The second-order valence-corrected chi connectivity index (χ2v) is 5.08. The summed E-state index contributed by atoms with van der Waals surface area (Å²) in [4.78, 5) is 6.74. The van der Waals surface area contributed by atoms with E-state index in [0.29, 0.717) is 0 Å². The fourth-order valence-electron chi connectivity index (χ4n) is 2.50. The minimum absolute atomic E-state index is 0.767. The van der Waals surface area contributed by atoms with Gasteiger partial charge in [-0.05, 0) is 47.9 Å². The van der Waals surface area contributed by atoms with Crippen LogP contribution in [0.1, 0.15) is 5.56 Å². The molecule has 2 N–H and O–H groups in total. The number of pyridine rings is 1. The van der Waals surface area contributed by atoms with Crippen molar-refractivity contribution in [3.05, 3.63) is 42.1 Å². The van der Waals surface area contributed by atoms with Crippen molar-refractivity contribution in [2.24, 2.45) is 0 Å². The number of anilines is 2. The third-order valence-corrected chi connectivity index (χ3v) is 3.65. The molecule has 0 aliphatic carbocycles.